The van der Waals surface area contributed by atoms with Crippen LogP contribution in [0.2, 0.25) is 0 Å². The van der Waals surface area contributed by atoms with Crippen LogP contribution in [0.25, 0.3) is 0 Å². The van der Waals surface area contributed by atoms with Crippen molar-refractivity contribution in [2.75, 3.05) is 0 Å². The molecule has 4 aromatic rings. The van der Waals surface area contributed by atoms with Crippen molar-refractivity contribution in [1.29, 1.82) is 0 Å². The van der Waals surface area contributed by atoms with Gasteiger partial charge in [0.2, 0.25) is 0 Å². The quantitative estimate of drug-likeness (QED) is 0.227. The zero-order valence-corrected chi connectivity index (χ0v) is 25.1. The molecule has 0 unspecified atom stereocenters. The predicted molar refractivity (Wildman–Crippen MR) is 173 cm³/mol. The molecule has 1 aromatic carbocycles. The fourth-order valence-corrected chi connectivity index (χ4v) is 4.27. The van der Waals surface area contributed by atoms with E-state index < -0.39 is 0 Å². The van der Waals surface area contributed by atoms with Gasteiger partial charge in [-0.25, -0.2) is 9.97 Å². The molecule has 3 aromatic heterocycles. The lowest BCUT2D eigenvalue weighted by atomic mass is 10.0. The first-order valence-corrected chi connectivity index (χ1v) is 14.4. The van der Waals surface area contributed by atoms with Crippen LogP contribution in [0.1, 0.15) is 92.2 Å². The number of benzene rings is 1. The molecule has 0 atom stereocenters. The molecule has 0 spiro atoms. The van der Waals surface area contributed by atoms with Gasteiger partial charge < -0.3 is 9.97 Å². The van der Waals surface area contributed by atoms with Gasteiger partial charge in [-0.15, -0.1) is 11.3 Å². The molecule has 0 aliphatic carbocycles. The maximum atomic E-state index is 4.10. The van der Waals surface area contributed by atoms with Crippen molar-refractivity contribution in [3.8, 4) is 0 Å². The molecule has 4 rings (SSSR count). The van der Waals surface area contributed by atoms with Crippen molar-refractivity contribution in [3.05, 3.63) is 88.9 Å². The molecule has 0 aliphatic heterocycles. The number of hydrogen-bond donors (Lipinski definition) is 2. The van der Waals surface area contributed by atoms with Gasteiger partial charge in [0, 0.05) is 41.8 Å². The maximum Gasteiger partial charge on any atom is 0.106 e. The van der Waals surface area contributed by atoms with Gasteiger partial charge >= 0.3 is 0 Å². The van der Waals surface area contributed by atoms with Crippen LogP contribution < -0.4 is 0 Å². The predicted octanol–water partition coefficient (Wildman–Crippen LogP) is 9.72. The molecule has 0 amide bonds. The fraction of sp³-hybridized carbons (Fsp3) is 0.545. The monoisotopic (exact) mass is 555 g/mol. The van der Waals surface area contributed by atoms with Crippen molar-refractivity contribution < 1.29 is 0 Å². The second-order valence-corrected chi connectivity index (χ2v) is 11.9. The second kappa shape index (κ2) is 23.2. The van der Waals surface area contributed by atoms with E-state index in [1.165, 1.54) is 29.0 Å². The van der Waals surface area contributed by atoms with E-state index in [0.717, 1.165) is 30.5 Å². The summed E-state index contributed by atoms with van der Waals surface area (Å²) in [6.07, 6.45) is 13.7. The summed E-state index contributed by atoms with van der Waals surface area (Å²) in [6, 6.07) is 10.6. The van der Waals surface area contributed by atoms with Gasteiger partial charge in [-0.3, -0.25) is 4.98 Å². The van der Waals surface area contributed by atoms with Gasteiger partial charge in [-0.05, 0) is 48.5 Å². The summed E-state index contributed by atoms with van der Waals surface area (Å²) < 4.78 is 0. The number of H-pyrrole nitrogens is 2. The van der Waals surface area contributed by atoms with E-state index in [2.05, 4.69) is 111 Å². The summed E-state index contributed by atoms with van der Waals surface area (Å²) in [5.41, 5.74) is 4.56. The number of thiazole rings is 1. The van der Waals surface area contributed by atoms with Crippen molar-refractivity contribution in [2.24, 2.45) is 23.7 Å². The van der Waals surface area contributed by atoms with Crippen LogP contribution in [0.3, 0.4) is 0 Å². The van der Waals surface area contributed by atoms with E-state index in [-0.39, 0.29) is 14.9 Å². The molecule has 6 heteroatoms. The third-order valence-corrected chi connectivity index (χ3v) is 5.72. The Hall–Kier alpha value is -2.73. The minimum absolute atomic E-state index is 0. The lowest BCUT2D eigenvalue weighted by Gasteiger charge is -2.02. The molecule has 39 heavy (non-hydrogen) atoms. The molecule has 0 bridgehead atoms. The highest BCUT2D eigenvalue weighted by molar-refractivity contribution is 7.09. The second-order valence-electron chi connectivity index (χ2n) is 11.0. The molecule has 0 saturated carbocycles. The number of hydrogen-bond acceptors (Lipinski definition) is 4. The Morgan fingerprint density at radius 1 is 0.692 bits per heavy atom. The minimum Gasteiger partial charge on any atom is -0.349 e. The molecule has 0 radical (unpaired) electrons. The van der Waals surface area contributed by atoms with Crippen molar-refractivity contribution >= 4 is 11.3 Å². The van der Waals surface area contributed by atoms with E-state index >= 15 is 0 Å². The Bertz CT molecular complexity index is 879. The van der Waals surface area contributed by atoms with E-state index in [1.54, 1.807) is 23.9 Å². The van der Waals surface area contributed by atoms with E-state index in [1.807, 2.05) is 24.1 Å². The first-order chi connectivity index (χ1) is 17.7. The maximum absolute atomic E-state index is 4.10. The highest BCUT2D eigenvalue weighted by atomic mass is 32.1. The molecule has 2 N–H and O–H groups in total. The molecule has 0 aliphatic rings. The third-order valence-electron chi connectivity index (χ3n) is 4.92. The Morgan fingerprint density at radius 3 is 1.74 bits per heavy atom. The van der Waals surface area contributed by atoms with Crippen LogP contribution in [0.5, 0.6) is 0 Å². The number of rotatable bonds is 8. The summed E-state index contributed by atoms with van der Waals surface area (Å²) in [4.78, 5) is 19.5. The highest BCUT2D eigenvalue weighted by Crippen LogP contribution is 2.11. The summed E-state index contributed by atoms with van der Waals surface area (Å²) in [6.45, 7) is 17.7. The van der Waals surface area contributed by atoms with Gasteiger partial charge in [-0.2, -0.15) is 0 Å². The molecule has 3 heterocycles. The number of aromatic amines is 2. The lowest BCUT2D eigenvalue weighted by molar-refractivity contribution is 0.626. The number of aromatic nitrogens is 5. The average molecular weight is 556 g/mol. The highest BCUT2D eigenvalue weighted by Gasteiger charge is 1.98. The number of nitrogens with zero attached hydrogens (tertiary/aromatic N) is 3. The van der Waals surface area contributed by atoms with Gasteiger partial charge in [0.15, 0.2) is 0 Å². The largest absolute Gasteiger partial charge is 0.349 e. The third kappa shape index (κ3) is 21.8. The van der Waals surface area contributed by atoms with Crippen molar-refractivity contribution in [1.82, 2.24) is 24.9 Å². The van der Waals surface area contributed by atoms with E-state index in [4.69, 9.17) is 0 Å². The minimum atomic E-state index is 0. The van der Waals surface area contributed by atoms with Gasteiger partial charge in [0.25, 0.3) is 0 Å². The Balaban J connectivity index is 0. The molecular formula is C33H57N5S. The van der Waals surface area contributed by atoms with Crippen LogP contribution in [0, 0.1) is 23.7 Å². The number of imidazole rings is 2. The van der Waals surface area contributed by atoms with Gasteiger partial charge in [-0.1, -0.05) is 101 Å². The number of nitrogens with one attached hydrogen (secondary N) is 2. The zero-order valence-electron chi connectivity index (χ0n) is 24.2. The first-order valence-electron chi connectivity index (χ1n) is 13.5. The standard InChI is InChI=1S/C10H14.2C7H12N2.C7H11NS.2CH4/c1-9(2)8-10-6-4-3-5-7-10;1-6(2)3-7-4-8-5-9-7;1-6(2)5-7-8-3-4-9-7;1-6(2)3-7-4-8-5-9-7;;/h3-7,9H,8H2,1-2H3;4-6H,3H2,1-2H3,(H,8,9);3-4,6H,5H2,1-2H3,(H,8,9);4-6H,3H2,1-2H3;2*1H4. The van der Waals surface area contributed by atoms with Crippen molar-refractivity contribution in [2.45, 2.75) is 95.9 Å². The Morgan fingerprint density at radius 2 is 1.31 bits per heavy atom. The van der Waals surface area contributed by atoms with Crippen molar-refractivity contribution in [3.63, 3.8) is 0 Å². The zero-order chi connectivity index (χ0) is 27.5. The van der Waals surface area contributed by atoms with Crippen LogP contribution >= 0.6 is 11.3 Å². The smallest absolute Gasteiger partial charge is 0.106 e. The van der Waals surface area contributed by atoms with Crippen LogP contribution in [0.15, 0.2) is 67.0 Å². The van der Waals surface area contributed by atoms with Crippen LogP contribution in [-0.4, -0.2) is 24.9 Å². The average Bonchev–Trinajstić information content (AvgIpc) is 3.59. The Labute approximate surface area is 244 Å². The summed E-state index contributed by atoms with van der Waals surface area (Å²) >= 11 is 1.74. The fourth-order valence-electron chi connectivity index (χ4n) is 3.46. The Kier molecular flexibility index (Phi) is 22.8. The lowest BCUT2D eigenvalue weighted by Crippen LogP contribution is -1.95. The summed E-state index contributed by atoms with van der Waals surface area (Å²) in [5.74, 6) is 4.01. The van der Waals surface area contributed by atoms with E-state index in [0.29, 0.717) is 11.8 Å². The van der Waals surface area contributed by atoms with Gasteiger partial charge in [0.1, 0.15) is 5.82 Å². The van der Waals surface area contributed by atoms with Gasteiger partial charge in [0.05, 0.1) is 11.8 Å². The van der Waals surface area contributed by atoms with Crippen LogP contribution in [-0.2, 0) is 25.7 Å². The molecular weight excluding hydrogens is 498 g/mol. The summed E-state index contributed by atoms with van der Waals surface area (Å²) in [7, 11) is 0. The summed E-state index contributed by atoms with van der Waals surface area (Å²) in [5, 5.41) is 0. The molecule has 0 saturated heterocycles. The normalized spacial score (nSPS) is 9.95. The topological polar surface area (TPSA) is 70.2 Å². The van der Waals surface area contributed by atoms with Crippen LogP contribution in [0.4, 0.5) is 0 Å². The molecule has 0 fully saturated rings. The molecule has 220 valence electrons. The first kappa shape index (κ1) is 38.4. The SMILES string of the molecule is C.C.CC(C)Cc1ccccc1.CC(C)Cc1cnc[nH]1.CC(C)Cc1cncs1.CC(C)Cc1ncc[nH]1. The van der Waals surface area contributed by atoms with E-state index in [9.17, 15) is 0 Å². The molecule has 5 nitrogen and oxygen atoms in total.